The van der Waals surface area contributed by atoms with E-state index >= 15 is 0 Å². The maximum atomic E-state index is 13.4. The van der Waals surface area contributed by atoms with Crippen LogP contribution in [0.4, 0.5) is 0 Å². The molecule has 0 saturated carbocycles. The van der Waals surface area contributed by atoms with Gasteiger partial charge in [-0.25, -0.2) is 0 Å². The van der Waals surface area contributed by atoms with Gasteiger partial charge in [0.25, 0.3) is 0 Å². The molecule has 2 aromatic carbocycles. The number of fused-ring (bicyclic) bond motifs is 3. The lowest BCUT2D eigenvalue weighted by atomic mass is 10.0. The number of ketones is 2. The molecular formula is C25H16O6. The molecule has 0 N–H and O–H groups in total. The third-order valence-corrected chi connectivity index (χ3v) is 5.46. The van der Waals surface area contributed by atoms with Crippen LogP contribution in [-0.2, 0) is 6.42 Å². The second-order valence-corrected chi connectivity index (χ2v) is 7.15. The highest BCUT2D eigenvalue weighted by molar-refractivity contribution is 6.41. The Morgan fingerprint density at radius 3 is 2.35 bits per heavy atom. The van der Waals surface area contributed by atoms with Gasteiger partial charge in [-0.3, -0.25) is 14.4 Å². The van der Waals surface area contributed by atoms with Crippen LogP contribution < -0.4 is 10.2 Å². The lowest BCUT2D eigenvalue weighted by Gasteiger charge is -2.10. The number of rotatable bonds is 4. The molecular weight excluding hydrogens is 396 g/mol. The van der Waals surface area contributed by atoms with Crippen molar-refractivity contribution in [1.29, 1.82) is 0 Å². The van der Waals surface area contributed by atoms with Gasteiger partial charge in [-0.15, -0.1) is 6.58 Å². The molecule has 0 bridgehead atoms. The number of allylic oxidation sites excluding steroid dienone is 2. The highest BCUT2D eigenvalue weighted by atomic mass is 16.5. The maximum Gasteiger partial charge on any atom is 0.203 e. The first-order chi connectivity index (χ1) is 15.1. The topological polar surface area (TPSA) is 86.7 Å². The average molecular weight is 412 g/mol. The lowest BCUT2D eigenvalue weighted by Crippen LogP contribution is -2.10. The van der Waals surface area contributed by atoms with Crippen LogP contribution in [0.25, 0.3) is 28.0 Å². The Hall–Kier alpha value is -4.19. The van der Waals surface area contributed by atoms with E-state index in [1.54, 1.807) is 36.4 Å². The predicted molar refractivity (Wildman–Crippen MR) is 116 cm³/mol. The molecule has 0 aliphatic heterocycles. The largest absolute Gasteiger partial charge is 0.495 e. The van der Waals surface area contributed by atoms with Crippen molar-refractivity contribution in [2.45, 2.75) is 6.42 Å². The Kier molecular flexibility index (Phi) is 4.22. The molecule has 1 aliphatic rings. The SMILES string of the molecule is C=CCc1c2occc2c(OC)c2c(=O)c(C=C3C(=O)c4ccccc4C3=O)coc12. The van der Waals surface area contributed by atoms with Crippen LogP contribution in [0.2, 0.25) is 0 Å². The van der Waals surface area contributed by atoms with Crippen molar-refractivity contribution in [3.8, 4) is 5.75 Å². The highest BCUT2D eigenvalue weighted by Gasteiger charge is 2.33. The summed E-state index contributed by atoms with van der Waals surface area (Å²) in [6, 6.07) is 8.30. The van der Waals surface area contributed by atoms with E-state index in [0.717, 1.165) is 0 Å². The van der Waals surface area contributed by atoms with Gasteiger partial charge in [0.05, 0.1) is 29.9 Å². The Labute approximate surface area is 176 Å². The van der Waals surface area contributed by atoms with E-state index in [1.807, 2.05) is 0 Å². The fraction of sp³-hybridized carbons (Fsp3) is 0.0800. The summed E-state index contributed by atoms with van der Waals surface area (Å²) >= 11 is 0. The van der Waals surface area contributed by atoms with Crippen LogP contribution in [0.15, 0.2) is 74.7 Å². The number of hydrogen-bond acceptors (Lipinski definition) is 6. The fourth-order valence-corrected chi connectivity index (χ4v) is 4.07. The molecule has 0 unspecified atom stereocenters. The van der Waals surface area contributed by atoms with Gasteiger partial charge in [-0.2, -0.15) is 0 Å². The molecule has 0 spiro atoms. The molecule has 1 aliphatic carbocycles. The Morgan fingerprint density at radius 2 is 1.71 bits per heavy atom. The van der Waals surface area contributed by atoms with Gasteiger partial charge >= 0.3 is 0 Å². The van der Waals surface area contributed by atoms with Crippen LogP contribution >= 0.6 is 0 Å². The van der Waals surface area contributed by atoms with E-state index in [-0.39, 0.29) is 16.5 Å². The standard InChI is InChI=1S/C25H16O6/c1-3-6-16-23-17(9-10-30-23)24(29-2)19-20(26)13(12-31-25(16)19)11-18-21(27)14-7-4-5-8-15(14)22(18)28/h3-5,7-12H,1,6H2,2H3. The van der Waals surface area contributed by atoms with Gasteiger partial charge in [-0.1, -0.05) is 30.3 Å². The average Bonchev–Trinajstić information content (AvgIpc) is 3.35. The molecule has 0 fully saturated rings. The zero-order valence-corrected chi connectivity index (χ0v) is 16.6. The van der Waals surface area contributed by atoms with Gasteiger partial charge in [0.1, 0.15) is 28.6 Å². The van der Waals surface area contributed by atoms with Gasteiger partial charge in [0.15, 0.2) is 11.6 Å². The number of carbonyl (C=O) groups excluding carboxylic acids is 2. The highest BCUT2D eigenvalue weighted by Crippen LogP contribution is 2.38. The molecule has 4 aromatic rings. The lowest BCUT2D eigenvalue weighted by molar-refractivity contribution is 0.0990. The van der Waals surface area contributed by atoms with Crippen molar-refractivity contribution >= 4 is 39.6 Å². The molecule has 6 nitrogen and oxygen atoms in total. The summed E-state index contributed by atoms with van der Waals surface area (Å²) in [5, 5.41) is 0.849. The number of Topliss-reactive ketones (excluding diaryl/α,β-unsaturated/α-hetero) is 2. The minimum Gasteiger partial charge on any atom is -0.495 e. The van der Waals surface area contributed by atoms with Gasteiger partial charge in [-0.05, 0) is 18.6 Å². The van der Waals surface area contributed by atoms with Crippen LogP contribution in [0.3, 0.4) is 0 Å². The first-order valence-electron chi connectivity index (χ1n) is 9.59. The van der Waals surface area contributed by atoms with E-state index in [4.69, 9.17) is 13.6 Å². The molecule has 0 saturated heterocycles. The second-order valence-electron chi connectivity index (χ2n) is 7.15. The summed E-state index contributed by atoms with van der Waals surface area (Å²) < 4.78 is 17.0. The summed E-state index contributed by atoms with van der Waals surface area (Å²) in [5.74, 6) is -0.512. The maximum absolute atomic E-state index is 13.4. The summed E-state index contributed by atoms with van der Waals surface area (Å²) in [7, 11) is 1.46. The van der Waals surface area contributed by atoms with E-state index in [0.29, 0.717) is 45.4 Å². The molecule has 2 heterocycles. The third-order valence-electron chi connectivity index (χ3n) is 5.46. The van der Waals surface area contributed by atoms with Crippen LogP contribution in [-0.4, -0.2) is 18.7 Å². The van der Waals surface area contributed by atoms with Crippen LogP contribution in [0.1, 0.15) is 31.8 Å². The monoisotopic (exact) mass is 412 g/mol. The number of carbonyl (C=O) groups is 2. The van der Waals surface area contributed by atoms with Gasteiger partial charge in [0, 0.05) is 16.7 Å². The second kappa shape index (κ2) is 6.95. The van der Waals surface area contributed by atoms with Crippen molar-refractivity contribution < 1.29 is 23.2 Å². The Balaban J connectivity index is 1.79. The number of methoxy groups -OCH3 is 1. The van der Waals surface area contributed by atoms with Crippen molar-refractivity contribution in [3.05, 3.63) is 93.6 Å². The molecule has 0 amide bonds. The van der Waals surface area contributed by atoms with Crippen molar-refractivity contribution in [2.75, 3.05) is 7.11 Å². The quantitative estimate of drug-likeness (QED) is 0.273. The van der Waals surface area contributed by atoms with E-state index in [1.165, 1.54) is 25.7 Å². The van der Waals surface area contributed by atoms with E-state index < -0.39 is 17.0 Å². The van der Waals surface area contributed by atoms with Crippen LogP contribution in [0.5, 0.6) is 5.75 Å². The van der Waals surface area contributed by atoms with Crippen molar-refractivity contribution in [1.82, 2.24) is 0 Å². The number of furan rings is 1. The van der Waals surface area contributed by atoms with Gasteiger partial charge in [0.2, 0.25) is 5.43 Å². The molecule has 0 radical (unpaired) electrons. The minimum atomic E-state index is -0.412. The summed E-state index contributed by atoms with van der Waals surface area (Å²) in [6.45, 7) is 3.76. The number of hydrogen-bond donors (Lipinski definition) is 0. The fourth-order valence-electron chi connectivity index (χ4n) is 4.07. The first kappa shape index (κ1) is 18.8. The van der Waals surface area contributed by atoms with E-state index in [9.17, 15) is 14.4 Å². The minimum absolute atomic E-state index is 0.0671. The normalized spacial score (nSPS) is 13.1. The van der Waals surface area contributed by atoms with Crippen molar-refractivity contribution in [3.63, 3.8) is 0 Å². The molecule has 6 heteroatoms. The number of ether oxygens (including phenoxy) is 1. The smallest absolute Gasteiger partial charge is 0.203 e. The Bertz CT molecular complexity index is 1480. The van der Waals surface area contributed by atoms with Crippen LogP contribution in [0, 0.1) is 0 Å². The molecule has 0 atom stereocenters. The molecule has 2 aromatic heterocycles. The number of benzene rings is 2. The Morgan fingerprint density at radius 1 is 1.00 bits per heavy atom. The summed E-state index contributed by atoms with van der Waals surface area (Å²) in [5.41, 5.74) is 1.81. The zero-order chi connectivity index (χ0) is 21.7. The summed E-state index contributed by atoms with van der Waals surface area (Å²) in [6.07, 6.45) is 6.16. The third kappa shape index (κ3) is 2.61. The van der Waals surface area contributed by atoms with E-state index in [2.05, 4.69) is 6.58 Å². The molecule has 152 valence electrons. The molecule has 31 heavy (non-hydrogen) atoms. The van der Waals surface area contributed by atoms with Crippen molar-refractivity contribution in [2.24, 2.45) is 0 Å². The zero-order valence-electron chi connectivity index (χ0n) is 16.6. The summed E-state index contributed by atoms with van der Waals surface area (Å²) in [4.78, 5) is 38.9. The molecule has 5 rings (SSSR count). The first-order valence-corrected chi connectivity index (χ1v) is 9.59. The van der Waals surface area contributed by atoms with Gasteiger partial charge < -0.3 is 13.6 Å². The predicted octanol–water partition coefficient (Wildman–Crippen LogP) is 4.74.